The van der Waals surface area contributed by atoms with Gasteiger partial charge < -0.3 is 10.1 Å². The van der Waals surface area contributed by atoms with Crippen LogP contribution in [0.4, 0.5) is 17.3 Å². The molecule has 1 heterocycles. The van der Waals surface area contributed by atoms with Crippen LogP contribution in [0.5, 0.6) is 5.75 Å². The molecule has 0 aliphatic rings. The molecule has 1 aromatic heterocycles. The second kappa shape index (κ2) is 7.63. The zero-order valence-electron chi connectivity index (χ0n) is 15.2. The summed E-state index contributed by atoms with van der Waals surface area (Å²) in [6.07, 6.45) is 0. The fourth-order valence-electron chi connectivity index (χ4n) is 2.47. The van der Waals surface area contributed by atoms with E-state index in [0.29, 0.717) is 11.4 Å². The average molecular weight is 384 g/mol. The van der Waals surface area contributed by atoms with Crippen molar-refractivity contribution in [2.24, 2.45) is 0 Å². The molecular weight excluding hydrogens is 364 g/mol. The third-order valence-corrected chi connectivity index (χ3v) is 5.40. The molecule has 140 valence electrons. The molecule has 0 spiro atoms. The lowest BCUT2D eigenvalue weighted by Gasteiger charge is -2.11. The number of sulfonamides is 1. The molecule has 0 atom stereocenters. The van der Waals surface area contributed by atoms with Gasteiger partial charge in [0.2, 0.25) is 0 Å². The Bertz CT molecular complexity index is 1030. The van der Waals surface area contributed by atoms with Crippen LogP contribution in [0, 0.1) is 13.8 Å². The van der Waals surface area contributed by atoms with Crippen LogP contribution in [0.25, 0.3) is 0 Å². The van der Waals surface area contributed by atoms with Gasteiger partial charge in [0.25, 0.3) is 10.0 Å². The highest BCUT2D eigenvalue weighted by molar-refractivity contribution is 7.92. The van der Waals surface area contributed by atoms with Crippen LogP contribution in [0.15, 0.2) is 59.5 Å². The minimum Gasteiger partial charge on any atom is -0.497 e. The van der Waals surface area contributed by atoms with E-state index in [0.717, 1.165) is 17.0 Å². The van der Waals surface area contributed by atoms with E-state index in [-0.39, 0.29) is 10.7 Å². The van der Waals surface area contributed by atoms with Gasteiger partial charge in [0.15, 0.2) is 11.6 Å². The lowest BCUT2D eigenvalue weighted by molar-refractivity contribution is 0.415. The largest absolute Gasteiger partial charge is 0.497 e. The molecule has 2 aromatic carbocycles. The number of nitrogens with one attached hydrogen (secondary N) is 2. The quantitative estimate of drug-likeness (QED) is 0.674. The molecule has 7 nitrogen and oxygen atoms in total. The van der Waals surface area contributed by atoms with E-state index < -0.39 is 10.0 Å². The zero-order chi connectivity index (χ0) is 19.4. The summed E-state index contributed by atoms with van der Waals surface area (Å²) in [6, 6.07) is 15.8. The summed E-state index contributed by atoms with van der Waals surface area (Å²) in [5.74, 6) is 1.40. The minimum absolute atomic E-state index is 0.149. The van der Waals surface area contributed by atoms with Crippen molar-refractivity contribution in [3.8, 4) is 5.75 Å². The van der Waals surface area contributed by atoms with Gasteiger partial charge >= 0.3 is 0 Å². The van der Waals surface area contributed by atoms with Gasteiger partial charge in [-0.3, -0.25) is 4.72 Å². The summed E-state index contributed by atoms with van der Waals surface area (Å²) in [4.78, 5) is 0.227. The predicted octanol–water partition coefficient (Wildman–Crippen LogP) is 3.65. The summed E-state index contributed by atoms with van der Waals surface area (Å²) < 4.78 is 32.8. The summed E-state index contributed by atoms with van der Waals surface area (Å²) in [5, 5.41) is 11.0. The fourth-order valence-corrected chi connectivity index (χ4v) is 3.79. The van der Waals surface area contributed by atoms with Crippen LogP contribution in [0.2, 0.25) is 0 Å². The first-order chi connectivity index (χ1) is 12.9. The second-order valence-electron chi connectivity index (χ2n) is 6.03. The van der Waals surface area contributed by atoms with Gasteiger partial charge in [0.05, 0.1) is 12.0 Å². The minimum atomic E-state index is -3.73. The van der Waals surface area contributed by atoms with Crippen LogP contribution in [0.1, 0.15) is 11.1 Å². The van der Waals surface area contributed by atoms with Crippen molar-refractivity contribution in [1.29, 1.82) is 0 Å². The molecule has 0 saturated heterocycles. The molecule has 2 N–H and O–H groups in total. The summed E-state index contributed by atoms with van der Waals surface area (Å²) >= 11 is 0. The second-order valence-corrected chi connectivity index (χ2v) is 7.68. The van der Waals surface area contributed by atoms with Crippen molar-refractivity contribution in [2.75, 3.05) is 17.1 Å². The zero-order valence-corrected chi connectivity index (χ0v) is 16.0. The highest BCUT2D eigenvalue weighted by Crippen LogP contribution is 2.21. The van der Waals surface area contributed by atoms with E-state index in [1.54, 1.807) is 38.3 Å². The first-order valence-corrected chi connectivity index (χ1v) is 9.70. The molecule has 0 unspecified atom stereocenters. The summed E-state index contributed by atoms with van der Waals surface area (Å²) in [5.41, 5.74) is 2.35. The highest BCUT2D eigenvalue weighted by atomic mass is 32.2. The maximum absolute atomic E-state index is 12.6. The van der Waals surface area contributed by atoms with Gasteiger partial charge in [-0.1, -0.05) is 12.1 Å². The third kappa shape index (κ3) is 4.53. The van der Waals surface area contributed by atoms with Gasteiger partial charge in [-0.05, 0) is 67.4 Å². The maximum atomic E-state index is 12.6. The van der Waals surface area contributed by atoms with Gasteiger partial charge in [-0.25, -0.2) is 8.42 Å². The van der Waals surface area contributed by atoms with Crippen LogP contribution in [0.3, 0.4) is 0 Å². The van der Waals surface area contributed by atoms with Crippen molar-refractivity contribution in [1.82, 2.24) is 10.2 Å². The highest BCUT2D eigenvalue weighted by Gasteiger charge is 2.18. The Morgan fingerprint density at radius 3 is 2.19 bits per heavy atom. The number of benzene rings is 2. The topological polar surface area (TPSA) is 93.2 Å². The molecule has 0 radical (unpaired) electrons. The van der Waals surface area contributed by atoms with Crippen molar-refractivity contribution in [3.63, 3.8) is 0 Å². The predicted molar refractivity (Wildman–Crippen MR) is 105 cm³/mol. The standard InChI is InChI=1S/C19H20N4O3S/c1-13-4-5-14(2)17(12-13)27(24,25)23-19-11-10-18(21-22-19)20-15-6-8-16(26-3)9-7-15/h4-12H,1-3H3,(H,20,21)(H,22,23). The molecule has 3 aromatic rings. The number of anilines is 3. The molecule has 0 fully saturated rings. The normalized spacial score (nSPS) is 11.1. The lowest BCUT2D eigenvalue weighted by atomic mass is 10.2. The summed E-state index contributed by atoms with van der Waals surface area (Å²) in [7, 11) is -2.13. The fraction of sp³-hybridized carbons (Fsp3) is 0.158. The Kier molecular flexibility index (Phi) is 5.27. The molecule has 0 aliphatic carbocycles. The molecule has 8 heteroatoms. The number of nitrogens with zero attached hydrogens (tertiary/aromatic N) is 2. The number of methoxy groups -OCH3 is 1. The maximum Gasteiger partial charge on any atom is 0.263 e. The van der Waals surface area contributed by atoms with Gasteiger partial charge in [0, 0.05) is 5.69 Å². The molecule has 0 saturated carbocycles. The Hall–Kier alpha value is -3.13. The van der Waals surface area contributed by atoms with Gasteiger partial charge in [0.1, 0.15) is 5.75 Å². The van der Waals surface area contributed by atoms with Crippen molar-refractivity contribution >= 4 is 27.3 Å². The number of hydrogen-bond donors (Lipinski definition) is 2. The van der Waals surface area contributed by atoms with Gasteiger partial charge in [-0.15, -0.1) is 10.2 Å². The van der Waals surface area contributed by atoms with E-state index in [1.165, 1.54) is 0 Å². The molecule has 3 rings (SSSR count). The smallest absolute Gasteiger partial charge is 0.263 e. The molecular formula is C19H20N4O3S. The molecule has 0 aliphatic heterocycles. The monoisotopic (exact) mass is 384 g/mol. The molecule has 27 heavy (non-hydrogen) atoms. The summed E-state index contributed by atoms with van der Waals surface area (Å²) in [6.45, 7) is 3.60. The van der Waals surface area contributed by atoms with Crippen molar-refractivity contribution < 1.29 is 13.2 Å². The SMILES string of the molecule is COc1ccc(Nc2ccc(NS(=O)(=O)c3cc(C)ccc3C)nn2)cc1. The van der Waals surface area contributed by atoms with Crippen LogP contribution < -0.4 is 14.8 Å². The average Bonchev–Trinajstić information content (AvgIpc) is 2.65. The lowest BCUT2D eigenvalue weighted by Crippen LogP contribution is -2.15. The number of rotatable bonds is 6. The van der Waals surface area contributed by atoms with E-state index in [2.05, 4.69) is 20.2 Å². The van der Waals surface area contributed by atoms with Gasteiger partial charge in [-0.2, -0.15) is 0 Å². The Morgan fingerprint density at radius 2 is 1.56 bits per heavy atom. The van der Waals surface area contributed by atoms with E-state index in [1.807, 2.05) is 37.3 Å². The van der Waals surface area contributed by atoms with Crippen molar-refractivity contribution in [2.45, 2.75) is 18.7 Å². The van der Waals surface area contributed by atoms with E-state index in [4.69, 9.17) is 4.74 Å². The number of ether oxygens (including phenoxy) is 1. The van der Waals surface area contributed by atoms with E-state index in [9.17, 15) is 8.42 Å². The Balaban J connectivity index is 1.74. The Morgan fingerprint density at radius 1 is 0.889 bits per heavy atom. The molecule has 0 bridgehead atoms. The van der Waals surface area contributed by atoms with Crippen LogP contribution in [-0.2, 0) is 10.0 Å². The Labute approximate surface area is 158 Å². The number of hydrogen-bond acceptors (Lipinski definition) is 6. The van der Waals surface area contributed by atoms with Crippen LogP contribution >= 0.6 is 0 Å². The third-order valence-electron chi connectivity index (χ3n) is 3.90. The first kappa shape index (κ1) is 18.7. The first-order valence-electron chi connectivity index (χ1n) is 8.22. The van der Waals surface area contributed by atoms with E-state index >= 15 is 0 Å². The van der Waals surface area contributed by atoms with Crippen LogP contribution in [-0.4, -0.2) is 25.7 Å². The number of aryl methyl sites for hydroxylation is 2. The molecule has 0 amide bonds. The number of aromatic nitrogens is 2. The van der Waals surface area contributed by atoms with Crippen molar-refractivity contribution in [3.05, 3.63) is 65.7 Å².